The molecule has 28 heavy (non-hydrogen) atoms. The molecule has 2 aromatic carbocycles. The lowest BCUT2D eigenvalue weighted by molar-refractivity contribution is -0.134. The molecule has 0 bridgehead atoms. The van der Waals surface area contributed by atoms with E-state index >= 15 is 0 Å². The highest BCUT2D eigenvalue weighted by Gasteiger charge is 2.30. The first kappa shape index (κ1) is 18.9. The number of nitrogens with zero attached hydrogens (tertiary/aromatic N) is 5. The number of amides is 1. The van der Waals surface area contributed by atoms with Gasteiger partial charge >= 0.3 is 0 Å². The molecule has 0 N–H and O–H groups in total. The van der Waals surface area contributed by atoms with Gasteiger partial charge in [0.2, 0.25) is 11.1 Å². The largest absolute Gasteiger partial charge is 0.378 e. The van der Waals surface area contributed by atoms with Crippen LogP contribution >= 0.6 is 23.4 Å². The molecule has 1 fully saturated rings. The van der Waals surface area contributed by atoms with E-state index in [1.807, 2.05) is 47.4 Å². The van der Waals surface area contributed by atoms with Crippen LogP contribution in [-0.4, -0.2) is 57.3 Å². The van der Waals surface area contributed by atoms with Crippen molar-refractivity contribution < 1.29 is 9.53 Å². The highest BCUT2D eigenvalue weighted by atomic mass is 35.5. The molecule has 3 aromatic rings. The van der Waals surface area contributed by atoms with Crippen LogP contribution in [0.4, 0.5) is 0 Å². The van der Waals surface area contributed by atoms with E-state index in [1.165, 1.54) is 11.8 Å². The summed E-state index contributed by atoms with van der Waals surface area (Å²) in [6, 6.07) is 16.9. The topological polar surface area (TPSA) is 73.1 Å². The Hall–Kier alpha value is -2.42. The fourth-order valence-electron chi connectivity index (χ4n) is 2.94. The Morgan fingerprint density at radius 3 is 2.50 bits per heavy atom. The van der Waals surface area contributed by atoms with Crippen LogP contribution in [0.25, 0.3) is 5.69 Å². The van der Waals surface area contributed by atoms with Crippen molar-refractivity contribution in [1.29, 1.82) is 0 Å². The van der Waals surface area contributed by atoms with Crippen molar-refractivity contribution in [3.8, 4) is 5.69 Å². The van der Waals surface area contributed by atoms with Gasteiger partial charge in [-0.1, -0.05) is 53.7 Å². The number of hydrogen-bond acceptors (Lipinski definition) is 6. The molecule has 9 heteroatoms. The first-order valence-corrected chi connectivity index (χ1v) is 10.1. The van der Waals surface area contributed by atoms with Crippen LogP contribution in [0.1, 0.15) is 10.8 Å². The summed E-state index contributed by atoms with van der Waals surface area (Å²) >= 11 is 7.32. The van der Waals surface area contributed by atoms with Gasteiger partial charge in [0, 0.05) is 18.1 Å². The number of hydrogen-bond donors (Lipinski definition) is 0. The molecule has 144 valence electrons. The van der Waals surface area contributed by atoms with Crippen molar-refractivity contribution in [2.45, 2.75) is 10.4 Å². The van der Waals surface area contributed by atoms with Crippen molar-refractivity contribution in [2.75, 3.05) is 26.3 Å². The number of ether oxygens (including phenoxy) is 1. The number of tetrazole rings is 1. The van der Waals surface area contributed by atoms with Gasteiger partial charge in [-0.15, -0.1) is 5.10 Å². The number of halogens is 1. The molecule has 0 saturated carbocycles. The first-order valence-electron chi connectivity index (χ1n) is 8.85. The summed E-state index contributed by atoms with van der Waals surface area (Å²) in [6.07, 6.45) is 0. The van der Waals surface area contributed by atoms with Crippen molar-refractivity contribution in [3.63, 3.8) is 0 Å². The molecule has 1 atom stereocenters. The molecule has 4 rings (SSSR count). The monoisotopic (exact) mass is 415 g/mol. The molecule has 1 aliphatic rings. The number of thioether (sulfide) groups is 1. The van der Waals surface area contributed by atoms with Crippen molar-refractivity contribution in [3.05, 3.63) is 65.2 Å². The smallest absolute Gasteiger partial charge is 0.240 e. The van der Waals surface area contributed by atoms with E-state index in [2.05, 4.69) is 15.5 Å². The standard InChI is InChI=1S/C19H18ClN5O2S/c20-15-6-8-16(9-7-15)25-19(21-22-23-25)28-17(14-4-2-1-3-5-14)18(26)24-10-12-27-13-11-24/h1-9,17H,10-13H2/t17-/m1/s1. The molecule has 0 radical (unpaired) electrons. The Morgan fingerprint density at radius 1 is 1.07 bits per heavy atom. The Morgan fingerprint density at radius 2 is 1.79 bits per heavy atom. The van der Waals surface area contributed by atoms with Crippen LogP contribution < -0.4 is 0 Å². The Bertz CT molecular complexity index is 929. The summed E-state index contributed by atoms with van der Waals surface area (Å²) in [4.78, 5) is 15.1. The lowest BCUT2D eigenvalue weighted by Gasteiger charge is -2.30. The molecule has 7 nitrogen and oxygen atoms in total. The van der Waals surface area contributed by atoms with Crippen LogP contribution in [-0.2, 0) is 9.53 Å². The molecule has 0 aliphatic carbocycles. The van der Waals surface area contributed by atoms with Gasteiger partial charge in [0.1, 0.15) is 5.25 Å². The highest BCUT2D eigenvalue weighted by molar-refractivity contribution is 8.00. The van der Waals surface area contributed by atoms with E-state index in [-0.39, 0.29) is 5.91 Å². The molecule has 0 unspecified atom stereocenters. The molecule has 1 saturated heterocycles. The summed E-state index contributed by atoms with van der Waals surface area (Å²) in [7, 11) is 0. The van der Waals surface area contributed by atoms with Crippen LogP contribution in [0, 0.1) is 0 Å². The molecule has 1 amide bonds. The van der Waals surface area contributed by atoms with E-state index in [0.717, 1.165) is 11.3 Å². The zero-order chi connectivity index (χ0) is 19.3. The minimum atomic E-state index is -0.448. The average Bonchev–Trinajstić information content (AvgIpc) is 3.21. The van der Waals surface area contributed by atoms with Crippen LogP contribution in [0.15, 0.2) is 59.8 Å². The highest BCUT2D eigenvalue weighted by Crippen LogP contribution is 2.36. The maximum Gasteiger partial charge on any atom is 0.240 e. The van der Waals surface area contributed by atoms with Gasteiger partial charge in [0.05, 0.1) is 18.9 Å². The summed E-state index contributed by atoms with van der Waals surface area (Å²) in [6.45, 7) is 2.29. The molecule has 1 aliphatic heterocycles. The summed E-state index contributed by atoms with van der Waals surface area (Å²) in [5.74, 6) is 0.0326. The van der Waals surface area contributed by atoms with Gasteiger partial charge in [-0.3, -0.25) is 4.79 Å². The molecule has 0 spiro atoms. The zero-order valence-electron chi connectivity index (χ0n) is 14.9. The summed E-state index contributed by atoms with van der Waals surface area (Å²) in [5, 5.41) is 12.8. The number of rotatable bonds is 5. The number of benzene rings is 2. The van der Waals surface area contributed by atoms with Gasteiger partial charge in [-0.05, 0) is 40.3 Å². The normalized spacial score (nSPS) is 15.4. The van der Waals surface area contributed by atoms with Crippen molar-refractivity contribution in [1.82, 2.24) is 25.1 Å². The van der Waals surface area contributed by atoms with Gasteiger partial charge in [0.25, 0.3) is 0 Å². The fourth-order valence-corrected chi connectivity index (χ4v) is 4.15. The van der Waals surface area contributed by atoms with E-state index in [4.69, 9.17) is 16.3 Å². The number of aromatic nitrogens is 4. The minimum Gasteiger partial charge on any atom is -0.378 e. The SMILES string of the molecule is O=C([C@H](Sc1nnnn1-c1ccc(Cl)cc1)c1ccccc1)N1CCOCC1. The van der Waals surface area contributed by atoms with Crippen LogP contribution in [0.3, 0.4) is 0 Å². The number of morpholine rings is 1. The Balaban J connectivity index is 1.64. The Kier molecular flexibility index (Phi) is 5.90. The Labute approximate surface area is 171 Å². The van der Waals surface area contributed by atoms with Crippen LogP contribution in [0.2, 0.25) is 5.02 Å². The second-order valence-electron chi connectivity index (χ2n) is 6.20. The zero-order valence-corrected chi connectivity index (χ0v) is 16.5. The quantitative estimate of drug-likeness (QED) is 0.596. The molecule has 1 aromatic heterocycles. The van der Waals surface area contributed by atoms with Crippen LogP contribution in [0.5, 0.6) is 0 Å². The van der Waals surface area contributed by atoms with E-state index < -0.39 is 5.25 Å². The first-order chi connectivity index (χ1) is 13.7. The average molecular weight is 416 g/mol. The molecular weight excluding hydrogens is 398 g/mol. The summed E-state index contributed by atoms with van der Waals surface area (Å²) in [5.41, 5.74) is 1.69. The predicted molar refractivity (Wildman–Crippen MR) is 107 cm³/mol. The van der Waals surface area contributed by atoms with Gasteiger partial charge in [-0.2, -0.15) is 4.68 Å². The second kappa shape index (κ2) is 8.72. The maximum atomic E-state index is 13.3. The maximum absolute atomic E-state index is 13.3. The summed E-state index contributed by atoms with van der Waals surface area (Å²) < 4.78 is 6.99. The molecule has 2 heterocycles. The third-order valence-electron chi connectivity index (χ3n) is 4.38. The fraction of sp³-hybridized carbons (Fsp3) is 0.263. The third kappa shape index (κ3) is 4.19. The van der Waals surface area contributed by atoms with Gasteiger partial charge in [-0.25, -0.2) is 0 Å². The number of carbonyl (C=O) groups is 1. The number of carbonyl (C=O) groups excluding carboxylic acids is 1. The van der Waals surface area contributed by atoms with Crippen molar-refractivity contribution >= 4 is 29.3 Å². The molecular formula is C19H18ClN5O2S. The predicted octanol–water partition coefficient (Wildman–Crippen LogP) is 3.01. The van der Waals surface area contributed by atoms with E-state index in [0.29, 0.717) is 36.5 Å². The van der Waals surface area contributed by atoms with E-state index in [1.54, 1.807) is 16.8 Å². The minimum absolute atomic E-state index is 0.0326. The lowest BCUT2D eigenvalue weighted by atomic mass is 10.1. The van der Waals surface area contributed by atoms with Gasteiger partial charge < -0.3 is 9.64 Å². The third-order valence-corrected chi connectivity index (χ3v) is 5.81. The van der Waals surface area contributed by atoms with Crippen molar-refractivity contribution in [2.24, 2.45) is 0 Å². The lowest BCUT2D eigenvalue weighted by Crippen LogP contribution is -2.42. The van der Waals surface area contributed by atoms with E-state index in [9.17, 15) is 4.79 Å². The van der Waals surface area contributed by atoms with Gasteiger partial charge in [0.15, 0.2) is 0 Å². The second-order valence-corrected chi connectivity index (χ2v) is 7.70.